The average molecular weight is 484 g/mol. The molecule has 1 heterocycles. The molecule has 2 aromatic carbocycles. The smallest absolute Gasteiger partial charge is 0.248 e. The topological polar surface area (TPSA) is 83.5 Å². The van der Waals surface area contributed by atoms with Crippen molar-refractivity contribution in [2.75, 3.05) is 46.8 Å². The summed E-state index contributed by atoms with van der Waals surface area (Å²) in [5.41, 5.74) is 0.690. The lowest BCUT2D eigenvalue weighted by Crippen LogP contribution is -2.31. The molecule has 176 valence electrons. The van der Waals surface area contributed by atoms with Crippen LogP contribution in [0.3, 0.4) is 0 Å². The minimum Gasteiger partial charge on any atom is -0.496 e. The molecule has 1 atom stereocenters. The molecule has 1 saturated heterocycles. The minimum atomic E-state index is -3.91. The largest absolute Gasteiger partial charge is 0.496 e. The van der Waals surface area contributed by atoms with Crippen molar-refractivity contribution in [3.05, 3.63) is 35.9 Å². The van der Waals surface area contributed by atoms with Crippen LogP contribution in [0.4, 0.5) is 0 Å². The number of hydrogen-bond donors (Lipinski definition) is 0. The highest BCUT2D eigenvalue weighted by atomic mass is 32.2. The van der Waals surface area contributed by atoms with Crippen LogP contribution in [0.1, 0.15) is 24.8 Å². The molecule has 1 fully saturated rings. The second kappa shape index (κ2) is 10.5. The average Bonchev–Trinajstić information content (AvgIpc) is 3.30. The number of thioether (sulfide) groups is 1. The van der Waals surface area contributed by atoms with E-state index < -0.39 is 15.4 Å². The highest BCUT2D eigenvalue weighted by molar-refractivity contribution is 8.01. The molecule has 0 saturated carbocycles. The maximum Gasteiger partial charge on any atom is 0.248 e. The normalized spacial score (nSPS) is 16.6. The van der Waals surface area contributed by atoms with Crippen molar-refractivity contribution < 1.29 is 32.1 Å². The molecule has 10 heteroatoms. The lowest BCUT2D eigenvalue weighted by atomic mass is 10.1. The highest BCUT2D eigenvalue weighted by Crippen LogP contribution is 2.48. The summed E-state index contributed by atoms with van der Waals surface area (Å²) in [6, 6.07) is 8.34. The Balaban J connectivity index is 2.09. The molecule has 0 N–H and O–H groups in total. The fraction of sp³-hybridized carbons (Fsp3) is 0.455. The molecule has 3 rings (SSSR count). The Morgan fingerprint density at radius 1 is 0.906 bits per heavy atom. The summed E-state index contributed by atoms with van der Waals surface area (Å²) in [5.74, 6) is 2.94. The zero-order chi connectivity index (χ0) is 23.3. The summed E-state index contributed by atoms with van der Waals surface area (Å²) < 4.78 is 56.7. The molecule has 0 bridgehead atoms. The van der Waals surface area contributed by atoms with Gasteiger partial charge >= 0.3 is 0 Å². The molecule has 1 aliphatic heterocycles. The molecule has 0 spiro atoms. The summed E-state index contributed by atoms with van der Waals surface area (Å²) in [5, 5.41) is -0.500. The third kappa shape index (κ3) is 4.72. The second-order valence-corrected chi connectivity index (χ2v) is 9.81. The van der Waals surface area contributed by atoms with E-state index in [9.17, 15) is 8.42 Å². The van der Waals surface area contributed by atoms with Crippen molar-refractivity contribution >= 4 is 21.8 Å². The van der Waals surface area contributed by atoms with Crippen LogP contribution in [-0.2, 0) is 10.0 Å². The first-order valence-electron chi connectivity index (χ1n) is 10.2. The number of nitrogens with zero attached hydrogens (tertiary/aromatic N) is 1. The monoisotopic (exact) mass is 483 g/mol. The van der Waals surface area contributed by atoms with Gasteiger partial charge in [0.1, 0.15) is 22.1 Å². The number of methoxy groups -OCH3 is 3. The van der Waals surface area contributed by atoms with E-state index in [4.69, 9.17) is 23.7 Å². The lowest BCUT2D eigenvalue weighted by molar-refractivity contribution is 0.320. The molecule has 8 nitrogen and oxygen atoms in total. The van der Waals surface area contributed by atoms with Gasteiger partial charge in [0.25, 0.3) is 0 Å². The van der Waals surface area contributed by atoms with E-state index >= 15 is 0 Å². The van der Waals surface area contributed by atoms with Crippen molar-refractivity contribution in [1.82, 2.24) is 4.31 Å². The summed E-state index contributed by atoms with van der Waals surface area (Å²) in [4.78, 5) is 0.0808. The van der Waals surface area contributed by atoms with E-state index in [1.165, 1.54) is 29.2 Å². The van der Waals surface area contributed by atoms with E-state index in [-0.39, 0.29) is 4.90 Å². The molecule has 0 amide bonds. The van der Waals surface area contributed by atoms with E-state index in [0.717, 1.165) is 0 Å². The van der Waals surface area contributed by atoms with Gasteiger partial charge in [0, 0.05) is 30.0 Å². The maximum atomic E-state index is 13.8. The molecule has 0 aromatic heterocycles. The van der Waals surface area contributed by atoms with Gasteiger partial charge in [0.15, 0.2) is 11.5 Å². The SMILES string of the molecule is CCOc1ccc(OCC)c(S(=O)(=O)N2CCSC2c2cc(OC)c(OC)cc2OC)c1. The van der Waals surface area contributed by atoms with Gasteiger partial charge in [-0.05, 0) is 32.0 Å². The lowest BCUT2D eigenvalue weighted by Gasteiger charge is -2.26. The van der Waals surface area contributed by atoms with Gasteiger partial charge in [-0.3, -0.25) is 0 Å². The van der Waals surface area contributed by atoms with E-state index in [1.54, 1.807) is 38.5 Å². The highest BCUT2D eigenvalue weighted by Gasteiger charge is 2.40. The summed E-state index contributed by atoms with van der Waals surface area (Å²) in [6.45, 7) is 4.78. The zero-order valence-electron chi connectivity index (χ0n) is 18.9. The molecule has 1 unspecified atom stereocenters. The predicted molar refractivity (Wildman–Crippen MR) is 124 cm³/mol. The molecule has 0 aliphatic carbocycles. The van der Waals surface area contributed by atoms with Gasteiger partial charge in [-0.15, -0.1) is 11.8 Å². The Morgan fingerprint density at radius 3 is 2.19 bits per heavy atom. The first-order chi connectivity index (χ1) is 15.4. The molecule has 1 aliphatic rings. The first kappa shape index (κ1) is 24.3. The number of hydrogen-bond acceptors (Lipinski definition) is 8. The number of benzene rings is 2. The van der Waals surface area contributed by atoms with Crippen LogP contribution in [0, 0.1) is 0 Å². The Labute approximate surface area is 193 Å². The number of rotatable bonds is 10. The van der Waals surface area contributed by atoms with Crippen LogP contribution in [0.5, 0.6) is 28.7 Å². The Bertz CT molecular complexity index is 1040. The zero-order valence-corrected chi connectivity index (χ0v) is 20.5. The molecule has 2 aromatic rings. The molecule has 32 heavy (non-hydrogen) atoms. The number of sulfonamides is 1. The van der Waals surface area contributed by atoms with Crippen LogP contribution in [-0.4, -0.2) is 59.6 Å². The summed E-state index contributed by atoms with van der Waals surface area (Å²) >= 11 is 1.52. The van der Waals surface area contributed by atoms with E-state index in [1.807, 2.05) is 13.8 Å². The fourth-order valence-corrected chi connectivity index (χ4v) is 6.93. The standard InChI is InChI=1S/C22H29NO7S2/c1-6-29-15-8-9-17(30-7-2)21(12-15)32(24,25)23-10-11-31-22(23)16-13-19(27-4)20(28-5)14-18(16)26-3/h8-9,12-14,22H,6-7,10-11H2,1-5H3. The van der Waals surface area contributed by atoms with Crippen LogP contribution < -0.4 is 23.7 Å². The maximum absolute atomic E-state index is 13.8. The van der Waals surface area contributed by atoms with Gasteiger partial charge in [0.2, 0.25) is 10.0 Å². The van der Waals surface area contributed by atoms with Crippen LogP contribution in [0.15, 0.2) is 35.2 Å². The molecule has 0 radical (unpaired) electrons. The van der Waals surface area contributed by atoms with E-state index in [0.29, 0.717) is 59.8 Å². The second-order valence-electron chi connectivity index (χ2n) is 6.76. The van der Waals surface area contributed by atoms with Crippen molar-refractivity contribution in [3.63, 3.8) is 0 Å². The quantitative estimate of drug-likeness (QED) is 0.502. The van der Waals surface area contributed by atoms with Gasteiger partial charge in [-0.2, -0.15) is 4.31 Å². The van der Waals surface area contributed by atoms with Gasteiger partial charge in [-0.25, -0.2) is 8.42 Å². The Kier molecular flexibility index (Phi) is 8.02. The summed E-state index contributed by atoms with van der Waals surface area (Å²) in [6.07, 6.45) is 0. The third-order valence-electron chi connectivity index (χ3n) is 4.96. The van der Waals surface area contributed by atoms with Crippen LogP contribution >= 0.6 is 11.8 Å². The van der Waals surface area contributed by atoms with Crippen LogP contribution in [0.2, 0.25) is 0 Å². The summed E-state index contributed by atoms with van der Waals surface area (Å²) in [7, 11) is 0.714. The molecular weight excluding hydrogens is 454 g/mol. The minimum absolute atomic E-state index is 0.0808. The van der Waals surface area contributed by atoms with E-state index in [2.05, 4.69) is 0 Å². The Morgan fingerprint density at radius 2 is 1.56 bits per heavy atom. The van der Waals surface area contributed by atoms with Gasteiger partial charge in [-0.1, -0.05) is 0 Å². The molecular formula is C22H29NO7S2. The van der Waals surface area contributed by atoms with Gasteiger partial charge < -0.3 is 23.7 Å². The van der Waals surface area contributed by atoms with Gasteiger partial charge in [0.05, 0.1) is 39.9 Å². The van der Waals surface area contributed by atoms with Crippen molar-refractivity contribution in [2.45, 2.75) is 24.1 Å². The third-order valence-corrected chi connectivity index (χ3v) is 8.23. The van der Waals surface area contributed by atoms with Crippen LogP contribution in [0.25, 0.3) is 0 Å². The van der Waals surface area contributed by atoms with Crippen molar-refractivity contribution in [3.8, 4) is 28.7 Å². The fourth-order valence-electron chi connectivity index (χ4n) is 3.54. The predicted octanol–water partition coefficient (Wildman–Crippen LogP) is 3.95. The Hall–Kier alpha value is -2.30. The first-order valence-corrected chi connectivity index (χ1v) is 12.7. The number of ether oxygens (including phenoxy) is 5. The van der Waals surface area contributed by atoms with Crippen molar-refractivity contribution in [1.29, 1.82) is 0 Å². The van der Waals surface area contributed by atoms with Crippen molar-refractivity contribution in [2.24, 2.45) is 0 Å².